The molecule has 0 bridgehead atoms. The molecule has 2 aromatic rings. The van der Waals surface area contributed by atoms with Gasteiger partial charge in [-0.2, -0.15) is 0 Å². The lowest BCUT2D eigenvalue weighted by Crippen LogP contribution is -2.40. The largest absolute Gasteiger partial charge is 0.497 e. The van der Waals surface area contributed by atoms with Gasteiger partial charge in [-0.25, -0.2) is 5.84 Å². The number of anilines is 1. The highest BCUT2D eigenvalue weighted by Crippen LogP contribution is 2.18. The predicted octanol–water partition coefficient (Wildman–Crippen LogP) is 1.70. The number of amides is 2. The molecule has 0 radical (unpaired) electrons. The van der Waals surface area contributed by atoms with Gasteiger partial charge in [-0.1, -0.05) is 0 Å². The van der Waals surface area contributed by atoms with Crippen molar-refractivity contribution in [3.05, 3.63) is 54.1 Å². The molecular formula is C17H19N3O4. The molecule has 24 heavy (non-hydrogen) atoms. The lowest BCUT2D eigenvalue weighted by Gasteiger charge is -2.13. The van der Waals surface area contributed by atoms with E-state index in [0.29, 0.717) is 22.7 Å². The van der Waals surface area contributed by atoms with Crippen molar-refractivity contribution in [2.24, 2.45) is 5.84 Å². The molecule has 0 aliphatic carbocycles. The normalized spacial score (nSPS) is 11.3. The SMILES string of the molecule is COc1ccc(NC(=O)c2ccc(O[C@H](C)C(=O)NN)cc2)cc1. The smallest absolute Gasteiger partial charge is 0.274 e. The number of methoxy groups -OCH3 is 1. The van der Waals surface area contributed by atoms with Gasteiger partial charge >= 0.3 is 0 Å². The van der Waals surface area contributed by atoms with Gasteiger partial charge < -0.3 is 14.8 Å². The quantitative estimate of drug-likeness (QED) is 0.425. The van der Waals surface area contributed by atoms with Crippen LogP contribution in [0.15, 0.2) is 48.5 Å². The summed E-state index contributed by atoms with van der Waals surface area (Å²) in [6.07, 6.45) is -0.728. The molecule has 2 aromatic carbocycles. The average Bonchev–Trinajstić information content (AvgIpc) is 2.62. The summed E-state index contributed by atoms with van der Waals surface area (Å²) >= 11 is 0. The van der Waals surface area contributed by atoms with E-state index in [1.807, 2.05) is 5.43 Å². The minimum atomic E-state index is -0.728. The van der Waals surface area contributed by atoms with E-state index in [1.165, 1.54) is 0 Å². The van der Waals surface area contributed by atoms with Gasteiger partial charge in [0.1, 0.15) is 11.5 Å². The lowest BCUT2D eigenvalue weighted by atomic mass is 10.2. The number of benzene rings is 2. The molecule has 0 unspecified atom stereocenters. The van der Waals surface area contributed by atoms with E-state index in [-0.39, 0.29) is 5.91 Å². The van der Waals surface area contributed by atoms with Crippen molar-refractivity contribution in [2.45, 2.75) is 13.0 Å². The number of carbonyl (C=O) groups is 2. The van der Waals surface area contributed by atoms with Gasteiger partial charge in [-0.15, -0.1) is 0 Å². The second kappa shape index (κ2) is 7.98. The van der Waals surface area contributed by atoms with Gasteiger partial charge in [0, 0.05) is 11.3 Å². The predicted molar refractivity (Wildman–Crippen MR) is 89.8 cm³/mol. The van der Waals surface area contributed by atoms with Crippen LogP contribution in [-0.2, 0) is 4.79 Å². The number of rotatable bonds is 6. The summed E-state index contributed by atoms with van der Waals surface area (Å²) < 4.78 is 10.5. The van der Waals surface area contributed by atoms with Gasteiger partial charge in [0.25, 0.3) is 11.8 Å². The summed E-state index contributed by atoms with van der Waals surface area (Å²) in [6, 6.07) is 13.5. The summed E-state index contributed by atoms with van der Waals surface area (Å²) in [5, 5.41) is 2.78. The van der Waals surface area contributed by atoms with Gasteiger partial charge in [-0.3, -0.25) is 15.0 Å². The zero-order chi connectivity index (χ0) is 17.5. The maximum Gasteiger partial charge on any atom is 0.274 e. The van der Waals surface area contributed by atoms with Crippen LogP contribution in [0.5, 0.6) is 11.5 Å². The van der Waals surface area contributed by atoms with Gasteiger partial charge in [0.2, 0.25) is 0 Å². The molecule has 7 nitrogen and oxygen atoms in total. The molecular weight excluding hydrogens is 310 g/mol. The van der Waals surface area contributed by atoms with Crippen molar-refractivity contribution < 1.29 is 19.1 Å². The Labute approximate surface area is 139 Å². The number of hydrogen-bond donors (Lipinski definition) is 3. The third-order valence-corrected chi connectivity index (χ3v) is 3.29. The van der Waals surface area contributed by atoms with Crippen molar-refractivity contribution in [3.63, 3.8) is 0 Å². The first-order chi connectivity index (χ1) is 11.5. The van der Waals surface area contributed by atoms with Crippen molar-refractivity contribution in [3.8, 4) is 11.5 Å². The average molecular weight is 329 g/mol. The summed E-state index contributed by atoms with van der Waals surface area (Å²) in [7, 11) is 1.58. The highest BCUT2D eigenvalue weighted by atomic mass is 16.5. The first kappa shape index (κ1) is 17.3. The second-order valence-electron chi connectivity index (χ2n) is 4.98. The number of nitrogens with one attached hydrogen (secondary N) is 2. The van der Waals surface area contributed by atoms with E-state index in [2.05, 4.69) is 5.32 Å². The Morgan fingerprint density at radius 1 is 1.00 bits per heavy atom. The van der Waals surface area contributed by atoms with Crippen LogP contribution >= 0.6 is 0 Å². The van der Waals surface area contributed by atoms with Crippen molar-refractivity contribution in [1.29, 1.82) is 0 Å². The fraction of sp³-hybridized carbons (Fsp3) is 0.176. The molecule has 0 fully saturated rings. The van der Waals surface area contributed by atoms with Crippen LogP contribution in [0.4, 0.5) is 5.69 Å². The van der Waals surface area contributed by atoms with Gasteiger partial charge in [0.05, 0.1) is 7.11 Å². The molecule has 2 amide bonds. The van der Waals surface area contributed by atoms with Crippen LogP contribution in [0.3, 0.4) is 0 Å². The van der Waals surface area contributed by atoms with Crippen LogP contribution in [0.25, 0.3) is 0 Å². The van der Waals surface area contributed by atoms with Crippen LogP contribution in [0, 0.1) is 0 Å². The molecule has 0 saturated carbocycles. The topological polar surface area (TPSA) is 103 Å². The Hall–Kier alpha value is -3.06. The number of ether oxygens (including phenoxy) is 2. The zero-order valence-electron chi connectivity index (χ0n) is 13.4. The summed E-state index contributed by atoms with van der Waals surface area (Å²) in [4.78, 5) is 23.5. The maximum absolute atomic E-state index is 12.2. The van der Waals surface area contributed by atoms with Crippen LogP contribution in [-0.4, -0.2) is 25.0 Å². The Balaban J connectivity index is 1.98. The lowest BCUT2D eigenvalue weighted by molar-refractivity contribution is -0.127. The van der Waals surface area contributed by atoms with E-state index < -0.39 is 12.0 Å². The fourth-order valence-corrected chi connectivity index (χ4v) is 1.94. The molecule has 0 saturated heterocycles. The Morgan fingerprint density at radius 2 is 1.58 bits per heavy atom. The van der Waals surface area contributed by atoms with Gasteiger partial charge in [-0.05, 0) is 55.5 Å². The number of carbonyl (C=O) groups excluding carboxylic acids is 2. The van der Waals surface area contributed by atoms with E-state index in [4.69, 9.17) is 15.3 Å². The van der Waals surface area contributed by atoms with E-state index >= 15 is 0 Å². The highest BCUT2D eigenvalue weighted by molar-refractivity contribution is 6.04. The van der Waals surface area contributed by atoms with E-state index in [9.17, 15) is 9.59 Å². The Kier molecular flexibility index (Phi) is 5.75. The van der Waals surface area contributed by atoms with E-state index in [1.54, 1.807) is 62.6 Å². The molecule has 1 atom stereocenters. The molecule has 0 heterocycles. The number of hydrogen-bond acceptors (Lipinski definition) is 5. The van der Waals surface area contributed by atoms with Crippen molar-refractivity contribution >= 4 is 17.5 Å². The summed E-state index contributed by atoms with van der Waals surface area (Å²) in [5.74, 6) is 5.54. The molecule has 2 rings (SSSR count). The molecule has 4 N–H and O–H groups in total. The summed E-state index contributed by atoms with van der Waals surface area (Å²) in [5.41, 5.74) is 3.14. The molecule has 0 aromatic heterocycles. The van der Waals surface area contributed by atoms with Crippen LogP contribution in [0.2, 0.25) is 0 Å². The van der Waals surface area contributed by atoms with Crippen LogP contribution in [0.1, 0.15) is 17.3 Å². The molecule has 7 heteroatoms. The fourth-order valence-electron chi connectivity index (χ4n) is 1.94. The first-order valence-electron chi connectivity index (χ1n) is 7.26. The molecule has 126 valence electrons. The zero-order valence-corrected chi connectivity index (χ0v) is 13.4. The monoisotopic (exact) mass is 329 g/mol. The molecule has 0 aliphatic heterocycles. The van der Waals surface area contributed by atoms with Crippen molar-refractivity contribution in [2.75, 3.05) is 12.4 Å². The number of nitrogens with two attached hydrogens (primary N) is 1. The Morgan fingerprint density at radius 3 is 2.12 bits per heavy atom. The van der Waals surface area contributed by atoms with Crippen molar-refractivity contribution in [1.82, 2.24) is 5.43 Å². The first-order valence-corrected chi connectivity index (χ1v) is 7.26. The third kappa shape index (κ3) is 4.47. The van der Waals surface area contributed by atoms with Crippen LogP contribution < -0.4 is 26.1 Å². The summed E-state index contributed by atoms with van der Waals surface area (Å²) in [6.45, 7) is 1.58. The Bertz CT molecular complexity index is 699. The minimum Gasteiger partial charge on any atom is -0.497 e. The highest BCUT2D eigenvalue weighted by Gasteiger charge is 2.13. The second-order valence-corrected chi connectivity index (χ2v) is 4.98. The molecule has 0 aliphatic rings. The maximum atomic E-state index is 12.2. The third-order valence-electron chi connectivity index (χ3n) is 3.29. The standard InChI is InChI=1S/C17H19N3O4/c1-11(16(21)20-18)24-15-7-3-12(4-8-15)17(22)19-13-5-9-14(23-2)10-6-13/h3-11H,18H2,1-2H3,(H,19,22)(H,20,21)/t11-/m1/s1. The van der Waals surface area contributed by atoms with Gasteiger partial charge in [0.15, 0.2) is 6.10 Å². The molecule has 0 spiro atoms. The minimum absolute atomic E-state index is 0.250. The number of hydrazine groups is 1. The van der Waals surface area contributed by atoms with E-state index in [0.717, 1.165) is 0 Å².